The predicted molar refractivity (Wildman–Crippen MR) is 88.2 cm³/mol. The van der Waals surface area contributed by atoms with Crippen LogP contribution in [0.15, 0.2) is 6.20 Å². The maximum Gasteiger partial charge on any atom is 0.0929 e. The Bertz CT molecular complexity index is 537. The van der Waals surface area contributed by atoms with Crippen molar-refractivity contribution in [2.75, 3.05) is 32.7 Å². The van der Waals surface area contributed by atoms with Gasteiger partial charge in [0.1, 0.15) is 0 Å². The molecule has 0 aliphatic carbocycles. The summed E-state index contributed by atoms with van der Waals surface area (Å²) in [4.78, 5) is 5.29. The standard InChI is InChI=1S/C17H29N5O/c1-17(2,21-7-4-3-5-8-21)13-20-9-6-16-15(11-20)22-14(12-23-16)10-18-19-22/h10,15-16H,3-9,11-13H2,1-2H3/t15-,16-/m0/s1. The Morgan fingerprint density at radius 2 is 2.04 bits per heavy atom. The summed E-state index contributed by atoms with van der Waals surface area (Å²) in [6.45, 7) is 11.3. The second kappa shape index (κ2) is 6.15. The number of ether oxygens (including phenoxy) is 1. The molecule has 2 atom stereocenters. The monoisotopic (exact) mass is 319 g/mol. The minimum absolute atomic E-state index is 0.244. The van der Waals surface area contributed by atoms with Gasteiger partial charge in [0.15, 0.2) is 0 Å². The van der Waals surface area contributed by atoms with E-state index in [1.165, 1.54) is 32.4 Å². The summed E-state index contributed by atoms with van der Waals surface area (Å²) in [5.74, 6) is 0. The Morgan fingerprint density at radius 3 is 2.87 bits per heavy atom. The molecule has 128 valence electrons. The summed E-state index contributed by atoms with van der Waals surface area (Å²) in [6, 6.07) is 0.326. The minimum Gasteiger partial charge on any atom is -0.370 e. The third-order valence-corrected chi connectivity index (χ3v) is 5.84. The Morgan fingerprint density at radius 1 is 1.22 bits per heavy atom. The first-order valence-corrected chi connectivity index (χ1v) is 9.11. The van der Waals surface area contributed by atoms with Crippen molar-refractivity contribution in [3.05, 3.63) is 11.9 Å². The molecule has 4 heterocycles. The highest BCUT2D eigenvalue weighted by Crippen LogP contribution is 2.31. The van der Waals surface area contributed by atoms with Gasteiger partial charge in [-0.15, -0.1) is 5.10 Å². The average Bonchev–Trinajstić information content (AvgIpc) is 3.04. The third kappa shape index (κ3) is 3.04. The van der Waals surface area contributed by atoms with E-state index in [-0.39, 0.29) is 5.54 Å². The van der Waals surface area contributed by atoms with Gasteiger partial charge in [-0.25, -0.2) is 4.68 Å². The molecule has 3 aliphatic heterocycles. The fourth-order valence-electron chi connectivity index (χ4n) is 4.53. The molecule has 1 aromatic rings. The van der Waals surface area contributed by atoms with Crippen LogP contribution in [0.2, 0.25) is 0 Å². The first-order valence-electron chi connectivity index (χ1n) is 9.11. The van der Waals surface area contributed by atoms with E-state index < -0.39 is 0 Å². The molecular formula is C17H29N5O. The molecule has 0 spiro atoms. The predicted octanol–water partition coefficient (Wildman–Crippen LogP) is 1.69. The van der Waals surface area contributed by atoms with Gasteiger partial charge in [-0.2, -0.15) is 0 Å². The molecule has 0 bridgehead atoms. The van der Waals surface area contributed by atoms with Gasteiger partial charge in [-0.05, 0) is 46.2 Å². The van der Waals surface area contributed by atoms with Crippen molar-refractivity contribution in [1.82, 2.24) is 24.8 Å². The molecule has 0 N–H and O–H groups in total. The molecule has 1 aromatic heterocycles. The number of fused-ring (bicyclic) bond motifs is 3. The van der Waals surface area contributed by atoms with Gasteiger partial charge in [0, 0.05) is 25.2 Å². The summed E-state index contributed by atoms with van der Waals surface area (Å²) in [6.07, 6.45) is 7.34. The van der Waals surface area contributed by atoms with Crippen molar-refractivity contribution >= 4 is 0 Å². The van der Waals surface area contributed by atoms with E-state index in [4.69, 9.17) is 4.74 Å². The highest BCUT2D eigenvalue weighted by atomic mass is 16.5. The summed E-state index contributed by atoms with van der Waals surface area (Å²) in [5.41, 5.74) is 1.36. The minimum atomic E-state index is 0.244. The lowest BCUT2D eigenvalue weighted by Crippen LogP contribution is -2.57. The first-order chi connectivity index (χ1) is 11.1. The van der Waals surface area contributed by atoms with E-state index in [2.05, 4.69) is 38.6 Å². The van der Waals surface area contributed by atoms with Gasteiger partial charge in [0.25, 0.3) is 0 Å². The van der Waals surface area contributed by atoms with Crippen LogP contribution in [-0.4, -0.2) is 69.2 Å². The topological polar surface area (TPSA) is 46.4 Å². The van der Waals surface area contributed by atoms with Crippen LogP contribution in [0.4, 0.5) is 0 Å². The number of rotatable bonds is 3. The molecule has 2 saturated heterocycles. The number of nitrogens with zero attached hydrogens (tertiary/aromatic N) is 5. The van der Waals surface area contributed by atoms with E-state index >= 15 is 0 Å². The van der Waals surface area contributed by atoms with Gasteiger partial charge in [-0.1, -0.05) is 11.6 Å². The molecular weight excluding hydrogens is 290 g/mol. The highest BCUT2D eigenvalue weighted by Gasteiger charge is 2.38. The van der Waals surface area contributed by atoms with Crippen molar-refractivity contribution < 1.29 is 4.74 Å². The zero-order chi connectivity index (χ0) is 15.9. The lowest BCUT2D eigenvalue weighted by atomic mass is 9.94. The zero-order valence-corrected chi connectivity index (χ0v) is 14.4. The van der Waals surface area contributed by atoms with E-state index in [1.807, 2.05) is 6.20 Å². The fourth-order valence-corrected chi connectivity index (χ4v) is 4.53. The number of aromatic nitrogens is 3. The van der Waals surface area contributed by atoms with Crippen LogP contribution < -0.4 is 0 Å². The number of hydrogen-bond donors (Lipinski definition) is 0. The van der Waals surface area contributed by atoms with E-state index in [9.17, 15) is 0 Å². The molecule has 2 fully saturated rings. The first kappa shape index (κ1) is 15.5. The number of likely N-dealkylation sites (tertiary alicyclic amines) is 2. The largest absolute Gasteiger partial charge is 0.370 e. The SMILES string of the molecule is CC(C)(CN1CC[C@@H]2OCc3cnnn3[C@H]2C1)N1CCCCC1. The van der Waals surface area contributed by atoms with Gasteiger partial charge >= 0.3 is 0 Å². The van der Waals surface area contributed by atoms with Crippen LogP contribution in [0.5, 0.6) is 0 Å². The van der Waals surface area contributed by atoms with E-state index in [0.29, 0.717) is 18.8 Å². The van der Waals surface area contributed by atoms with E-state index in [1.54, 1.807) is 0 Å². The van der Waals surface area contributed by atoms with Crippen LogP contribution in [0.25, 0.3) is 0 Å². The lowest BCUT2D eigenvalue weighted by Gasteiger charge is -2.47. The molecule has 0 amide bonds. The van der Waals surface area contributed by atoms with Gasteiger partial charge in [-0.3, -0.25) is 9.80 Å². The van der Waals surface area contributed by atoms with Gasteiger partial charge in [0.05, 0.1) is 30.6 Å². The molecule has 3 aliphatic rings. The van der Waals surface area contributed by atoms with Crippen LogP contribution in [0.3, 0.4) is 0 Å². The Kier molecular flexibility index (Phi) is 4.15. The van der Waals surface area contributed by atoms with Crippen molar-refractivity contribution in [1.29, 1.82) is 0 Å². The summed E-state index contributed by atoms with van der Waals surface area (Å²) >= 11 is 0. The quantitative estimate of drug-likeness (QED) is 0.848. The summed E-state index contributed by atoms with van der Waals surface area (Å²) in [7, 11) is 0. The average molecular weight is 319 g/mol. The van der Waals surface area contributed by atoms with Crippen molar-refractivity contribution in [2.24, 2.45) is 0 Å². The molecule has 0 aromatic carbocycles. The Hall–Kier alpha value is -0.980. The molecule has 6 heteroatoms. The normalized spacial score (nSPS) is 30.0. The summed E-state index contributed by atoms with van der Waals surface area (Å²) < 4.78 is 8.13. The van der Waals surface area contributed by atoms with Crippen molar-refractivity contribution in [3.8, 4) is 0 Å². The van der Waals surface area contributed by atoms with Crippen LogP contribution >= 0.6 is 0 Å². The lowest BCUT2D eigenvalue weighted by molar-refractivity contribution is -0.0731. The molecule has 0 saturated carbocycles. The van der Waals surface area contributed by atoms with Crippen LogP contribution in [-0.2, 0) is 11.3 Å². The highest BCUT2D eigenvalue weighted by molar-refractivity contribution is 5.01. The Labute approximate surface area is 138 Å². The van der Waals surface area contributed by atoms with Crippen molar-refractivity contribution in [2.45, 2.75) is 63.8 Å². The third-order valence-electron chi connectivity index (χ3n) is 5.84. The Balaban J connectivity index is 1.43. The van der Waals surface area contributed by atoms with E-state index in [0.717, 1.165) is 31.7 Å². The van der Waals surface area contributed by atoms with Crippen molar-refractivity contribution in [3.63, 3.8) is 0 Å². The second-order valence-corrected chi connectivity index (χ2v) is 7.97. The fraction of sp³-hybridized carbons (Fsp3) is 0.882. The van der Waals surface area contributed by atoms with Crippen LogP contribution in [0.1, 0.15) is 51.3 Å². The molecule has 4 rings (SSSR count). The maximum absolute atomic E-state index is 6.02. The molecule has 0 unspecified atom stereocenters. The second-order valence-electron chi connectivity index (χ2n) is 7.97. The molecule has 23 heavy (non-hydrogen) atoms. The summed E-state index contributed by atoms with van der Waals surface area (Å²) in [5, 5.41) is 8.39. The smallest absolute Gasteiger partial charge is 0.0929 e. The number of piperidine rings is 2. The maximum atomic E-state index is 6.02. The van der Waals surface area contributed by atoms with Gasteiger partial charge in [0.2, 0.25) is 0 Å². The zero-order valence-electron chi connectivity index (χ0n) is 14.4. The van der Waals surface area contributed by atoms with Crippen LogP contribution in [0, 0.1) is 0 Å². The molecule has 0 radical (unpaired) electrons. The number of hydrogen-bond acceptors (Lipinski definition) is 5. The molecule has 6 nitrogen and oxygen atoms in total. The van der Waals surface area contributed by atoms with Gasteiger partial charge < -0.3 is 4.74 Å².